The third kappa shape index (κ3) is 4.46. The molecule has 0 bridgehead atoms. The summed E-state index contributed by atoms with van der Waals surface area (Å²) in [5, 5.41) is 4.15. The molecule has 1 heterocycles. The molecule has 0 radical (unpaired) electrons. The number of hydrogen-bond acceptors (Lipinski definition) is 3. The van der Waals surface area contributed by atoms with Crippen molar-refractivity contribution in [3.8, 4) is 5.75 Å². The van der Waals surface area contributed by atoms with E-state index in [1.165, 1.54) is 6.07 Å². The first-order chi connectivity index (χ1) is 12.4. The van der Waals surface area contributed by atoms with Gasteiger partial charge < -0.3 is 14.5 Å². The van der Waals surface area contributed by atoms with Crippen LogP contribution in [0.15, 0.2) is 52.9 Å². The Kier molecular flexibility index (Phi) is 5.99. The van der Waals surface area contributed by atoms with Crippen LogP contribution in [0.25, 0.3) is 0 Å². The fourth-order valence-electron chi connectivity index (χ4n) is 2.10. The summed E-state index contributed by atoms with van der Waals surface area (Å²) in [6.45, 7) is 0.104. The Hall–Kier alpha value is -1.85. The SMILES string of the molecule is O=C(Nc1cccc(Cl)c1Cl)c1ccc(COc2ccc(Cl)cc2Cl)o1. The van der Waals surface area contributed by atoms with Gasteiger partial charge in [0.25, 0.3) is 5.91 Å². The van der Waals surface area contributed by atoms with E-state index in [4.69, 9.17) is 55.6 Å². The largest absolute Gasteiger partial charge is 0.484 e. The van der Waals surface area contributed by atoms with Crippen LogP contribution in [0.5, 0.6) is 5.75 Å². The zero-order chi connectivity index (χ0) is 18.7. The zero-order valence-electron chi connectivity index (χ0n) is 13.1. The molecule has 0 fully saturated rings. The Bertz CT molecular complexity index is 955. The second-order valence-electron chi connectivity index (χ2n) is 5.18. The molecule has 0 aliphatic heterocycles. The molecule has 134 valence electrons. The highest BCUT2D eigenvalue weighted by Gasteiger charge is 2.14. The van der Waals surface area contributed by atoms with Crippen LogP contribution in [0.4, 0.5) is 5.69 Å². The first-order valence-corrected chi connectivity index (χ1v) is 8.87. The number of benzene rings is 2. The second kappa shape index (κ2) is 8.23. The van der Waals surface area contributed by atoms with Crippen LogP contribution >= 0.6 is 46.4 Å². The lowest BCUT2D eigenvalue weighted by Gasteiger charge is -2.07. The molecule has 1 N–H and O–H groups in total. The van der Waals surface area contributed by atoms with Gasteiger partial charge >= 0.3 is 0 Å². The smallest absolute Gasteiger partial charge is 0.291 e. The maximum absolute atomic E-state index is 12.3. The van der Waals surface area contributed by atoms with Crippen LogP contribution in [-0.4, -0.2) is 5.91 Å². The lowest BCUT2D eigenvalue weighted by molar-refractivity contribution is 0.0992. The summed E-state index contributed by atoms with van der Waals surface area (Å²) in [7, 11) is 0. The van der Waals surface area contributed by atoms with Gasteiger partial charge in [0.1, 0.15) is 18.1 Å². The predicted octanol–water partition coefficient (Wildman–Crippen LogP) is 6.72. The Morgan fingerprint density at radius 2 is 1.81 bits per heavy atom. The quantitative estimate of drug-likeness (QED) is 0.488. The number of hydrogen-bond donors (Lipinski definition) is 1. The summed E-state index contributed by atoms with van der Waals surface area (Å²) in [5.41, 5.74) is 0.395. The highest BCUT2D eigenvalue weighted by molar-refractivity contribution is 6.44. The average Bonchev–Trinajstić information content (AvgIpc) is 3.07. The van der Waals surface area contributed by atoms with E-state index in [-0.39, 0.29) is 17.4 Å². The maximum Gasteiger partial charge on any atom is 0.291 e. The van der Waals surface area contributed by atoms with Crippen LogP contribution in [0.1, 0.15) is 16.3 Å². The summed E-state index contributed by atoms with van der Waals surface area (Å²) in [6, 6.07) is 13.0. The summed E-state index contributed by atoms with van der Waals surface area (Å²) >= 11 is 23.9. The van der Waals surface area contributed by atoms with Gasteiger partial charge in [0.05, 0.1) is 20.8 Å². The van der Waals surface area contributed by atoms with E-state index in [0.717, 1.165) is 0 Å². The second-order valence-corrected chi connectivity index (χ2v) is 6.81. The number of amides is 1. The van der Waals surface area contributed by atoms with Crippen LogP contribution in [0.2, 0.25) is 20.1 Å². The number of carbonyl (C=O) groups is 1. The van der Waals surface area contributed by atoms with E-state index in [1.54, 1.807) is 42.5 Å². The molecule has 4 nitrogen and oxygen atoms in total. The Labute approximate surface area is 169 Å². The molecule has 3 aromatic rings. The molecular formula is C18H11Cl4NO3. The Morgan fingerprint density at radius 3 is 2.58 bits per heavy atom. The minimum absolute atomic E-state index is 0.104. The van der Waals surface area contributed by atoms with Crippen molar-refractivity contribution in [2.75, 3.05) is 5.32 Å². The van der Waals surface area contributed by atoms with Gasteiger partial charge in [-0.25, -0.2) is 0 Å². The average molecular weight is 431 g/mol. The van der Waals surface area contributed by atoms with Crippen LogP contribution in [0, 0.1) is 0 Å². The van der Waals surface area contributed by atoms with Crippen molar-refractivity contribution in [2.24, 2.45) is 0 Å². The van der Waals surface area contributed by atoms with Crippen molar-refractivity contribution in [3.63, 3.8) is 0 Å². The number of halogens is 4. The van der Waals surface area contributed by atoms with E-state index >= 15 is 0 Å². The van der Waals surface area contributed by atoms with Crippen LogP contribution < -0.4 is 10.1 Å². The molecule has 0 saturated carbocycles. The maximum atomic E-state index is 12.3. The fraction of sp³-hybridized carbons (Fsp3) is 0.0556. The van der Waals surface area contributed by atoms with Crippen molar-refractivity contribution < 1.29 is 13.9 Å². The number of nitrogens with one attached hydrogen (secondary N) is 1. The van der Waals surface area contributed by atoms with Crippen molar-refractivity contribution in [1.29, 1.82) is 0 Å². The zero-order valence-corrected chi connectivity index (χ0v) is 16.1. The third-order valence-electron chi connectivity index (χ3n) is 3.35. The minimum atomic E-state index is -0.454. The van der Waals surface area contributed by atoms with E-state index in [9.17, 15) is 4.79 Å². The number of carbonyl (C=O) groups excluding carboxylic acids is 1. The van der Waals surface area contributed by atoms with E-state index in [2.05, 4.69) is 5.32 Å². The lowest BCUT2D eigenvalue weighted by atomic mass is 10.3. The topological polar surface area (TPSA) is 51.5 Å². The van der Waals surface area contributed by atoms with Crippen molar-refractivity contribution in [3.05, 3.63) is 80.1 Å². The van der Waals surface area contributed by atoms with Gasteiger partial charge in [-0.3, -0.25) is 4.79 Å². The molecule has 1 amide bonds. The van der Waals surface area contributed by atoms with Gasteiger partial charge in [-0.15, -0.1) is 0 Å². The van der Waals surface area contributed by atoms with Gasteiger partial charge in [-0.05, 0) is 42.5 Å². The molecule has 1 aromatic heterocycles. The number of rotatable bonds is 5. The van der Waals surface area contributed by atoms with Gasteiger partial charge in [0.15, 0.2) is 5.76 Å². The molecule has 0 aliphatic carbocycles. The Morgan fingerprint density at radius 1 is 1.00 bits per heavy atom. The summed E-state index contributed by atoms with van der Waals surface area (Å²) < 4.78 is 11.1. The lowest BCUT2D eigenvalue weighted by Crippen LogP contribution is -2.11. The molecule has 0 atom stereocenters. The van der Waals surface area contributed by atoms with Gasteiger partial charge in [0, 0.05) is 5.02 Å². The fourth-order valence-corrected chi connectivity index (χ4v) is 2.91. The number of anilines is 1. The summed E-state index contributed by atoms with van der Waals surface area (Å²) in [5.74, 6) is 0.578. The van der Waals surface area contributed by atoms with Gasteiger partial charge in [0.2, 0.25) is 0 Å². The molecule has 0 saturated heterocycles. The van der Waals surface area contributed by atoms with E-state index in [0.29, 0.717) is 32.3 Å². The highest BCUT2D eigenvalue weighted by Crippen LogP contribution is 2.30. The highest BCUT2D eigenvalue weighted by atomic mass is 35.5. The molecular weight excluding hydrogens is 420 g/mol. The van der Waals surface area contributed by atoms with E-state index in [1.807, 2.05) is 0 Å². The predicted molar refractivity (Wildman–Crippen MR) is 104 cm³/mol. The number of ether oxygens (including phenoxy) is 1. The molecule has 8 heteroatoms. The third-order valence-corrected chi connectivity index (χ3v) is 4.70. The first kappa shape index (κ1) is 18.9. The van der Waals surface area contributed by atoms with E-state index < -0.39 is 5.91 Å². The summed E-state index contributed by atoms with van der Waals surface area (Å²) in [4.78, 5) is 12.3. The first-order valence-electron chi connectivity index (χ1n) is 7.36. The normalized spacial score (nSPS) is 10.6. The van der Waals surface area contributed by atoms with Crippen LogP contribution in [0.3, 0.4) is 0 Å². The van der Waals surface area contributed by atoms with Crippen molar-refractivity contribution >= 4 is 58.0 Å². The number of furan rings is 1. The monoisotopic (exact) mass is 429 g/mol. The van der Waals surface area contributed by atoms with Gasteiger partial charge in [-0.2, -0.15) is 0 Å². The molecule has 0 unspecified atom stereocenters. The van der Waals surface area contributed by atoms with Crippen molar-refractivity contribution in [1.82, 2.24) is 0 Å². The standard InChI is InChI=1S/C18H11Cl4NO3/c19-10-4-6-15(13(21)8-10)25-9-11-5-7-16(26-11)18(24)23-14-3-1-2-12(20)17(14)22/h1-8H,9H2,(H,23,24). The summed E-state index contributed by atoms with van der Waals surface area (Å²) in [6.07, 6.45) is 0. The van der Waals surface area contributed by atoms with Gasteiger partial charge in [-0.1, -0.05) is 52.5 Å². The van der Waals surface area contributed by atoms with Crippen LogP contribution in [-0.2, 0) is 6.61 Å². The molecule has 3 rings (SSSR count). The minimum Gasteiger partial charge on any atom is -0.484 e. The Balaban J connectivity index is 1.65. The van der Waals surface area contributed by atoms with Crippen molar-refractivity contribution in [2.45, 2.75) is 6.61 Å². The molecule has 26 heavy (non-hydrogen) atoms. The molecule has 0 spiro atoms. The molecule has 2 aromatic carbocycles. The molecule has 0 aliphatic rings.